The van der Waals surface area contributed by atoms with E-state index in [2.05, 4.69) is 5.32 Å². The van der Waals surface area contributed by atoms with E-state index in [-0.39, 0.29) is 22.5 Å². The molecule has 0 unspecified atom stereocenters. The van der Waals surface area contributed by atoms with Crippen LogP contribution < -0.4 is 10.1 Å². The van der Waals surface area contributed by atoms with Crippen LogP contribution in [0.1, 0.15) is 19.8 Å². The normalized spacial score (nSPS) is 26.3. The van der Waals surface area contributed by atoms with Crippen molar-refractivity contribution in [3.8, 4) is 5.75 Å². The molecule has 0 aromatic heterocycles. The van der Waals surface area contributed by atoms with Gasteiger partial charge >= 0.3 is 0 Å². The predicted molar refractivity (Wildman–Crippen MR) is 85.6 cm³/mol. The summed E-state index contributed by atoms with van der Waals surface area (Å²) >= 11 is 1.67. The van der Waals surface area contributed by atoms with E-state index in [0.717, 1.165) is 6.42 Å². The number of hydrogen-bond acceptors (Lipinski definition) is 4. The molecular weight excluding hydrogens is 319 g/mol. The molecule has 0 saturated carbocycles. The quantitative estimate of drug-likeness (QED) is 0.832. The van der Waals surface area contributed by atoms with Crippen LogP contribution in [0.4, 0.5) is 4.39 Å². The van der Waals surface area contributed by atoms with Crippen LogP contribution in [0.25, 0.3) is 0 Å². The van der Waals surface area contributed by atoms with Gasteiger partial charge in [0.2, 0.25) is 11.8 Å². The van der Waals surface area contributed by atoms with E-state index in [4.69, 9.17) is 4.74 Å². The van der Waals surface area contributed by atoms with Crippen LogP contribution in [-0.4, -0.2) is 46.5 Å². The average molecular weight is 338 g/mol. The Hall–Kier alpha value is -1.76. The summed E-state index contributed by atoms with van der Waals surface area (Å²) in [6.45, 7) is 2.66. The summed E-state index contributed by atoms with van der Waals surface area (Å²) in [7, 11) is 0. The first-order valence-electron chi connectivity index (χ1n) is 7.62. The maximum Gasteiger partial charge on any atom is 0.243 e. The molecule has 2 aliphatic heterocycles. The monoisotopic (exact) mass is 338 g/mol. The number of halogens is 1. The smallest absolute Gasteiger partial charge is 0.243 e. The molecule has 1 aromatic rings. The van der Waals surface area contributed by atoms with E-state index in [0.29, 0.717) is 31.1 Å². The molecule has 23 heavy (non-hydrogen) atoms. The Balaban J connectivity index is 1.46. The summed E-state index contributed by atoms with van der Waals surface area (Å²) in [5.74, 6) is 0.786. The van der Waals surface area contributed by atoms with Gasteiger partial charge in [0.05, 0.1) is 11.4 Å². The molecule has 2 heterocycles. The third-order valence-corrected chi connectivity index (χ3v) is 5.74. The Labute approximate surface area is 138 Å². The van der Waals surface area contributed by atoms with Crippen molar-refractivity contribution in [1.29, 1.82) is 0 Å². The Bertz CT molecular complexity index is 610. The number of thioether (sulfide) groups is 1. The highest BCUT2D eigenvalue weighted by atomic mass is 32.2. The van der Waals surface area contributed by atoms with Crippen molar-refractivity contribution in [1.82, 2.24) is 10.2 Å². The average Bonchev–Trinajstić information content (AvgIpc) is 3.02. The van der Waals surface area contributed by atoms with E-state index >= 15 is 0 Å². The van der Waals surface area contributed by atoms with Crippen molar-refractivity contribution in [2.45, 2.75) is 30.7 Å². The van der Waals surface area contributed by atoms with Crippen molar-refractivity contribution >= 4 is 23.6 Å². The van der Waals surface area contributed by atoms with Gasteiger partial charge in [-0.1, -0.05) is 0 Å². The van der Waals surface area contributed by atoms with Crippen LogP contribution in [0, 0.1) is 5.82 Å². The van der Waals surface area contributed by atoms with Gasteiger partial charge in [0.25, 0.3) is 0 Å². The number of nitrogens with one attached hydrogen (secondary N) is 1. The molecule has 3 rings (SSSR count). The number of rotatable bonds is 5. The van der Waals surface area contributed by atoms with Gasteiger partial charge in [0.15, 0.2) is 0 Å². The van der Waals surface area contributed by atoms with Crippen molar-refractivity contribution in [3.05, 3.63) is 30.1 Å². The minimum absolute atomic E-state index is 0.0558. The number of amides is 2. The van der Waals surface area contributed by atoms with Crippen molar-refractivity contribution in [2.75, 3.05) is 18.9 Å². The van der Waals surface area contributed by atoms with Crippen molar-refractivity contribution < 1.29 is 18.7 Å². The third-order valence-electron chi connectivity index (χ3n) is 4.23. The lowest BCUT2D eigenvalue weighted by molar-refractivity contribution is -0.137. The van der Waals surface area contributed by atoms with E-state index in [1.807, 2.05) is 6.92 Å². The second-order valence-corrected chi connectivity index (χ2v) is 7.36. The molecule has 0 radical (unpaired) electrons. The van der Waals surface area contributed by atoms with E-state index in [1.54, 1.807) is 28.8 Å². The summed E-state index contributed by atoms with van der Waals surface area (Å²) in [6, 6.07) is 5.33. The summed E-state index contributed by atoms with van der Waals surface area (Å²) in [5.41, 5.74) is 0. The fourth-order valence-corrected chi connectivity index (χ4v) is 4.44. The fourth-order valence-electron chi connectivity index (χ4n) is 3.01. The standard InChI is InChI=1S/C16H19FN2O3S/c1-16-7-6-14(20)19(16)13(10-23-16)15(21)18-8-9-22-12-4-2-11(17)3-5-12/h2-5,13H,6-10H2,1H3,(H,18,21)/t13-,16+/m1/s1. The Morgan fingerprint density at radius 1 is 1.48 bits per heavy atom. The van der Waals surface area contributed by atoms with Gasteiger partial charge in [-0.25, -0.2) is 4.39 Å². The Morgan fingerprint density at radius 2 is 2.22 bits per heavy atom. The second-order valence-electron chi connectivity index (χ2n) is 5.86. The molecule has 1 aromatic carbocycles. The molecule has 0 bridgehead atoms. The number of fused-ring (bicyclic) bond motifs is 1. The lowest BCUT2D eigenvalue weighted by Gasteiger charge is -2.29. The van der Waals surface area contributed by atoms with Gasteiger partial charge in [-0.3, -0.25) is 9.59 Å². The highest BCUT2D eigenvalue weighted by molar-refractivity contribution is 8.01. The highest BCUT2D eigenvalue weighted by Crippen LogP contribution is 2.47. The van der Waals surface area contributed by atoms with Crippen LogP contribution in [0.5, 0.6) is 5.75 Å². The first-order valence-corrected chi connectivity index (χ1v) is 8.60. The molecule has 7 heteroatoms. The first kappa shape index (κ1) is 16.1. The molecule has 0 aliphatic carbocycles. The maximum absolute atomic E-state index is 12.8. The van der Waals surface area contributed by atoms with Gasteiger partial charge in [-0.05, 0) is 37.6 Å². The molecule has 124 valence electrons. The SMILES string of the molecule is C[C@]12CCC(=O)N1[C@@H](C(=O)NCCOc1ccc(F)cc1)CS2. The van der Waals surface area contributed by atoms with Crippen LogP contribution in [0.15, 0.2) is 24.3 Å². The van der Waals surface area contributed by atoms with Gasteiger partial charge in [0, 0.05) is 12.2 Å². The minimum atomic E-state index is -0.397. The van der Waals surface area contributed by atoms with Gasteiger partial charge in [0.1, 0.15) is 24.2 Å². The molecule has 2 amide bonds. The molecular formula is C16H19FN2O3S. The number of carbonyl (C=O) groups is 2. The Kier molecular flexibility index (Phi) is 4.48. The maximum atomic E-state index is 12.8. The molecule has 2 saturated heterocycles. The minimum Gasteiger partial charge on any atom is -0.492 e. The van der Waals surface area contributed by atoms with Gasteiger partial charge in [-0.2, -0.15) is 0 Å². The molecule has 2 fully saturated rings. The molecule has 2 atom stereocenters. The summed E-state index contributed by atoms with van der Waals surface area (Å²) in [4.78, 5) is 25.8. The highest BCUT2D eigenvalue weighted by Gasteiger charge is 2.52. The van der Waals surface area contributed by atoms with Crippen LogP contribution in [0.3, 0.4) is 0 Å². The van der Waals surface area contributed by atoms with E-state index < -0.39 is 6.04 Å². The van der Waals surface area contributed by atoms with Crippen LogP contribution >= 0.6 is 11.8 Å². The number of hydrogen-bond donors (Lipinski definition) is 1. The van der Waals surface area contributed by atoms with Crippen LogP contribution in [-0.2, 0) is 9.59 Å². The summed E-state index contributed by atoms with van der Waals surface area (Å²) < 4.78 is 18.2. The summed E-state index contributed by atoms with van der Waals surface area (Å²) in [5, 5.41) is 2.81. The van der Waals surface area contributed by atoms with Gasteiger partial charge in [-0.15, -0.1) is 11.8 Å². The van der Waals surface area contributed by atoms with Gasteiger partial charge < -0.3 is 15.0 Å². The third kappa shape index (κ3) is 3.29. The zero-order chi connectivity index (χ0) is 16.4. The number of benzene rings is 1. The topological polar surface area (TPSA) is 58.6 Å². The molecule has 0 spiro atoms. The number of carbonyl (C=O) groups excluding carboxylic acids is 2. The Morgan fingerprint density at radius 3 is 2.96 bits per heavy atom. The molecule has 2 aliphatic rings. The first-order chi connectivity index (χ1) is 11.0. The lowest BCUT2D eigenvalue weighted by Crippen LogP contribution is -2.50. The molecule has 5 nitrogen and oxygen atoms in total. The predicted octanol–water partition coefficient (Wildman–Crippen LogP) is 1.77. The zero-order valence-corrected chi connectivity index (χ0v) is 13.7. The zero-order valence-electron chi connectivity index (χ0n) is 12.9. The van der Waals surface area contributed by atoms with E-state index in [9.17, 15) is 14.0 Å². The summed E-state index contributed by atoms with van der Waals surface area (Å²) in [6.07, 6.45) is 1.31. The van der Waals surface area contributed by atoms with Crippen LogP contribution in [0.2, 0.25) is 0 Å². The van der Waals surface area contributed by atoms with Crippen molar-refractivity contribution in [3.63, 3.8) is 0 Å². The lowest BCUT2D eigenvalue weighted by atomic mass is 10.2. The van der Waals surface area contributed by atoms with Crippen molar-refractivity contribution in [2.24, 2.45) is 0 Å². The second kappa shape index (κ2) is 6.39. The molecule has 1 N–H and O–H groups in total. The number of ether oxygens (including phenoxy) is 1. The fraction of sp³-hybridized carbons (Fsp3) is 0.500. The largest absolute Gasteiger partial charge is 0.492 e. The number of nitrogens with zero attached hydrogens (tertiary/aromatic N) is 1. The van der Waals surface area contributed by atoms with E-state index in [1.165, 1.54) is 12.1 Å².